The molecule has 0 saturated heterocycles. The summed E-state index contributed by atoms with van der Waals surface area (Å²) in [7, 11) is 0. The van der Waals surface area contributed by atoms with Crippen LogP contribution in [0.25, 0.3) is 10.2 Å². The van der Waals surface area contributed by atoms with Gasteiger partial charge in [-0.05, 0) is 42.5 Å². The van der Waals surface area contributed by atoms with Crippen LogP contribution in [0.1, 0.15) is 16.1 Å². The van der Waals surface area contributed by atoms with Crippen molar-refractivity contribution in [3.05, 3.63) is 88.4 Å². The molecular formula is C20H13BrFN3OS. The van der Waals surface area contributed by atoms with Crippen LogP contribution in [0.2, 0.25) is 0 Å². The van der Waals surface area contributed by atoms with Crippen LogP contribution >= 0.6 is 27.3 Å². The summed E-state index contributed by atoms with van der Waals surface area (Å²) in [5.74, 6) is -0.621. The average Bonchev–Trinajstić information content (AvgIpc) is 3.12. The van der Waals surface area contributed by atoms with Gasteiger partial charge in [0.25, 0.3) is 5.91 Å². The molecule has 4 nitrogen and oxygen atoms in total. The van der Waals surface area contributed by atoms with Gasteiger partial charge in [-0.2, -0.15) is 0 Å². The minimum atomic E-state index is -0.400. The number of hydrogen-bond acceptors (Lipinski definition) is 4. The molecule has 27 heavy (non-hydrogen) atoms. The first-order valence-corrected chi connectivity index (χ1v) is 9.75. The average molecular weight is 442 g/mol. The molecule has 0 bridgehead atoms. The summed E-state index contributed by atoms with van der Waals surface area (Å²) < 4.78 is 15.6. The van der Waals surface area contributed by atoms with E-state index < -0.39 is 5.82 Å². The summed E-state index contributed by atoms with van der Waals surface area (Å²) >= 11 is 4.68. The number of thiazole rings is 1. The molecule has 2 aromatic heterocycles. The quantitative estimate of drug-likeness (QED) is 0.423. The van der Waals surface area contributed by atoms with Crippen LogP contribution in [0.15, 0.2) is 71.3 Å². The molecule has 0 fully saturated rings. The van der Waals surface area contributed by atoms with Crippen LogP contribution in [0.5, 0.6) is 0 Å². The molecule has 0 spiro atoms. The Morgan fingerprint density at radius 2 is 1.96 bits per heavy atom. The van der Waals surface area contributed by atoms with Gasteiger partial charge in [0.2, 0.25) is 0 Å². The Morgan fingerprint density at radius 3 is 2.70 bits per heavy atom. The molecule has 2 aromatic carbocycles. The summed E-state index contributed by atoms with van der Waals surface area (Å²) in [5, 5.41) is 0.436. The maximum Gasteiger partial charge on any atom is 0.260 e. The first-order valence-electron chi connectivity index (χ1n) is 8.14. The van der Waals surface area contributed by atoms with Gasteiger partial charge in [-0.25, -0.2) is 9.37 Å². The van der Waals surface area contributed by atoms with Gasteiger partial charge in [-0.1, -0.05) is 45.5 Å². The maximum atomic E-state index is 14.1. The van der Waals surface area contributed by atoms with Crippen LogP contribution in [0.3, 0.4) is 0 Å². The highest BCUT2D eigenvalue weighted by atomic mass is 79.9. The highest BCUT2D eigenvalue weighted by Gasteiger charge is 2.23. The first-order chi connectivity index (χ1) is 13.1. The van der Waals surface area contributed by atoms with Crippen molar-refractivity contribution >= 4 is 48.5 Å². The fourth-order valence-corrected chi connectivity index (χ4v) is 4.05. The second kappa shape index (κ2) is 7.54. The van der Waals surface area contributed by atoms with Crippen molar-refractivity contribution in [1.82, 2.24) is 9.97 Å². The Morgan fingerprint density at radius 1 is 1.11 bits per heavy atom. The second-order valence-electron chi connectivity index (χ2n) is 5.81. The van der Waals surface area contributed by atoms with Crippen molar-refractivity contribution in [2.24, 2.45) is 0 Å². The number of hydrogen-bond donors (Lipinski definition) is 0. The molecule has 4 aromatic rings. The van der Waals surface area contributed by atoms with E-state index in [9.17, 15) is 9.18 Å². The van der Waals surface area contributed by atoms with Crippen LogP contribution in [0, 0.1) is 5.82 Å². The van der Waals surface area contributed by atoms with E-state index in [1.54, 1.807) is 36.5 Å². The maximum absolute atomic E-state index is 14.1. The fourth-order valence-electron chi connectivity index (χ4n) is 2.68. The molecule has 1 amide bonds. The van der Waals surface area contributed by atoms with E-state index in [1.165, 1.54) is 22.3 Å². The SMILES string of the molecule is O=C(c1cccc(Br)c1)N(Cc1ccccn1)c1nc2c(F)cccc2s1. The lowest BCUT2D eigenvalue weighted by molar-refractivity contribution is 0.0984. The van der Waals surface area contributed by atoms with Crippen LogP contribution in [0.4, 0.5) is 9.52 Å². The van der Waals surface area contributed by atoms with E-state index in [2.05, 4.69) is 25.9 Å². The van der Waals surface area contributed by atoms with Crippen LogP contribution in [-0.2, 0) is 6.54 Å². The van der Waals surface area contributed by atoms with E-state index in [4.69, 9.17) is 0 Å². The standard InChI is InChI=1S/C20H13BrFN3OS/c21-14-6-3-5-13(11-14)19(26)25(12-15-7-1-2-10-23-15)20-24-18-16(22)8-4-9-17(18)27-20/h1-11H,12H2. The number of pyridine rings is 1. The Bertz CT molecular complexity index is 1120. The molecule has 0 aliphatic carbocycles. The van der Waals surface area contributed by atoms with Gasteiger partial charge in [-0.15, -0.1) is 0 Å². The molecule has 0 atom stereocenters. The summed E-state index contributed by atoms with van der Waals surface area (Å²) in [6.07, 6.45) is 1.68. The van der Waals surface area contributed by atoms with Gasteiger partial charge in [0.15, 0.2) is 5.13 Å². The first kappa shape index (κ1) is 17.8. The Balaban J connectivity index is 1.79. The molecule has 0 radical (unpaired) electrons. The van der Waals surface area contributed by atoms with Crippen LogP contribution < -0.4 is 4.90 Å². The predicted molar refractivity (Wildman–Crippen MR) is 108 cm³/mol. The fraction of sp³-hybridized carbons (Fsp3) is 0.0500. The molecule has 7 heteroatoms. The Kier molecular flexibility index (Phi) is 4.96. The highest BCUT2D eigenvalue weighted by molar-refractivity contribution is 9.10. The lowest BCUT2D eigenvalue weighted by atomic mass is 10.2. The lowest BCUT2D eigenvalue weighted by Crippen LogP contribution is -2.30. The number of amides is 1. The number of benzene rings is 2. The Labute approximate surface area is 167 Å². The number of carbonyl (C=O) groups excluding carboxylic acids is 1. The summed E-state index contributed by atoms with van der Waals surface area (Å²) in [6, 6.07) is 17.5. The van der Waals surface area contributed by atoms with E-state index >= 15 is 0 Å². The number of aromatic nitrogens is 2. The van der Waals surface area contributed by atoms with Crippen LogP contribution in [-0.4, -0.2) is 15.9 Å². The third-order valence-electron chi connectivity index (χ3n) is 3.95. The van der Waals surface area contributed by atoms with Crippen molar-refractivity contribution in [3.63, 3.8) is 0 Å². The molecule has 0 unspecified atom stereocenters. The molecular weight excluding hydrogens is 429 g/mol. The number of nitrogens with zero attached hydrogens (tertiary/aromatic N) is 3. The lowest BCUT2D eigenvalue weighted by Gasteiger charge is -2.19. The minimum absolute atomic E-state index is 0.221. The topological polar surface area (TPSA) is 46.1 Å². The number of halogens is 2. The van der Waals surface area contributed by atoms with E-state index in [0.29, 0.717) is 15.4 Å². The normalized spacial score (nSPS) is 10.9. The Hall–Kier alpha value is -2.64. The van der Waals surface area contributed by atoms with Crippen molar-refractivity contribution in [3.8, 4) is 0 Å². The van der Waals surface area contributed by atoms with Crippen molar-refractivity contribution in [2.75, 3.05) is 4.90 Å². The van der Waals surface area contributed by atoms with Gasteiger partial charge < -0.3 is 0 Å². The molecule has 0 aliphatic heterocycles. The van der Waals surface area contributed by atoms with Crippen molar-refractivity contribution < 1.29 is 9.18 Å². The van der Waals surface area contributed by atoms with Gasteiger partial charge in [0, 0.05) is 16.2 Å². The van der Waals surface area contributed by atoms with E-state index in [0.717, 1.165) is 10.2 Å². The number of anilines is 1. The number of fused-ring (bicyclic) bond motifs is 1. The molecule has 4 rings (SSSR count). The number of carbonyl (C=O) groups is 1. The molecule has 134 valence electrons. The molecule has 0 aliphatic rings. The zero-order valence-electron chi connectivity index (χ0n) is 14.0. The monoisotopic (exact) mass is 441 g/mol. The van der Waals surface area contributed by atoms with Gasteiger partial charge in [-0.3, -0.25) is 14.7 Å². The molecule has 0 saturated carbocycles. The van der Waals surface area contributed by atoms with Gasteiger partial charge in [0.05, 0.1) is 16.9 Å². The summed E-state index contributed by atoms with van der Waals surface area (Å²) in [6.45, 7) is 0.244. The van der Waals surface area contributed by atoms with Crippen molar-refractivity contribution in [2.45, 2.75) is 6.54 Å². The third-order valence-corrected chi connectivity index (χ3v) is 5.49. The third kappa shape index (κ3) is 3.74. The summed E-state index contributed by atoms with van der Waals surface area (Å²) in [4.78, 5) is 23.4. The molecule has 0 N–H and O–H groups in total. The predicted octanol–water partition coefficient (Wildman–Crippen LogP) is 5.44. The largest absolute Gasteiger partial charge is 0.278 e. The van der Waals surface area contributed by atoms with E-state index in [-0.39, 0.29) is 18.0 Å². The van der Waals surface area contributed by atoms with E-state index in [1.807, 2.05) is 24.3 Å². The highest BCUT2D eigenvalue weighted by Crippen LogP contribution is 2.32. The summed E-state index contributed by atoms with van der Waals surface area (Å²) in [5.41, 5.74) is 1.51. The van der Waals surface area contributed by atoms with Crippen molar-refractivity contribution in [1.29, 1.82) is 0 Å². The number of para-hydroxylation sites is 1. The number of rotatable bonds is 4. The van der Waals surface area contributed by atoms with Gasteiger partial charge >= 0.3 is 0 Å². The minimum Gasteiger partial charge on any atom is -0.278 e. The van der Waals surface area contributed by atoms with Gasteiger partial charge in [0.1, 0.15) is 11.3 Å². The molecule has 2 heterocycles. The zero-order valence-corrected chi connectivity index (χ0v) is 16.4. The smallest absolute Gasteiger partial charge is 0.260 e. The zero-order chi connectivity index (χ0) is 18.8. The second-order valence-corrected chi connectivity index (χ2v) is 7.73.